The van der Waals surface area contributed by atoms with Crippen LogP contribution in [0.3, 0.4) is 0 Å². The molecule has 0 rings (SSSR count). The normalized spacial score (nSPS) is 11.4. The van der Waals surface area contributed by atoms with Crippen LogP contribution in [-0.4, -0.2) is 15.0 Å². The van der Waals surface area contributed by atoms with Crippen molar-refractivity contribution >= 4 is 10.0 Å². The van der Waals surface area contributed by atoms with Gasteiger partial charge < -0.3 is 0 Å². The summed E-state index contributed by atoms with van der Waals surface area (Å²) in [5.41, 5.74) is 0. The van der Waals surface area contributed by atoms with Gasteiger partial charge in [-0.25, -0.2) is 13.1 Å². The van der Waals surface area contributed by atoms with Crippen molar-refractivity contribution in [2.24, 2.45) is 0 Å². The number of hydrogen-bond acceptors (Lipinski definition) is 2. The van der Waals surface area contributed by atoms with Crippen molar-refractivity contribution in [1.82, 2.24) is 4.72 Å². The van der Waals surface area contributed by atoms with Crippen LogP contribution in [0, 0.1) is 0 Å². The molecule has 4 heteroatoms. The Bertz CT molecular complexity index is 206. The molecule has 0 heterocycles. The summed E-state index contributed by atoms with van der Waals surface area (Å²) in [6.07, 6.45) is 0.468. The zero-order chi connectivity index (χ0) is 8.20. The Morgan fingerprint density at radius 2 is 2.00 bits per heavy atom. The van der Waals surface area contributed by atoms with Gasteiger partial charge in [0.2, 0.25) is 10.0 Å². The molecule has 0 aliphatic heterocycles. The van der Waals surface area contributed by atoms with E-state index in [9.17, 15) is 8.42 Å². The third-order valence-corrected chi connectivity index (χ3v) is 2.83. The molecule has 0 saturated heterocycles. The van der Waals surface area contributed by atoms with Crippen molar-refractivity contribution in [1.29, 1.82) is 0 Å². The third kappa shape index (κ3) is 2.49. The smallest absolute Gasteiger partial charge is 0.212 e. The second kappa shape index (κ2) is 3.73. The molecule has 0 aromatic rings. The summed E-state index contributed by atoms with van der Waals surface area (Å²) in [6, 6.07) is 0. The van der Waals surface area contributed by atoms with Gasteiger partial charge >= 0.3 is 0 Å². The van der Waals surface area contributed by atoms with Gasteiger partial charge in [0.05, 0.1) is 4.91 Å². The second-order valence-corrected chi connectivity index (χ2v) is 3.77. The summed E-state index contributed by atoms with van der Waals surface area (Å²) >= 11 is 0. The second-order valence-electron chi connectivity index (χ2n) is 1.89. The average Bonchev–Trinajstić information content (AvgIpc) is 1.86. The lowest BCUT2D eigenvalue weighted by atomic mass is 10.5. The molecule has 0 atom stereocenters. The molecule has 0 spiro atoms. The molecule has 0 bridgehead atoms. The van der Waals surface area contributed by atoms with Crippen LogP contribution in [0.1, 0.15) is 20.3 Å². The number of nitrogens with one attached hydrogen (secondary N) is 1. The van der Waals surface area contributed by atoms with Crippen molar-refractivity contribution in [2.45, 2.75) is 20.3 Å². The van der Waals surface area contributed by atoms with Crippen LogP contribution in [0.15, 0.2) is 11.5 Å². The van der Waals surface area contributed by atoms with Gasteiger partial charge in [-0.1, -0.05) is 20.4 Å². The average molecular weight is 163 g/mol. The molecule has 1 N–H and O–H groups in total. The highest BCUT2D eigenvalue weighted by Gasteiger charge is 2.10. The topological polar surface area (TPSA) is 46.2 Å². The van der Waals surface area contributed by atoms with Gasteiger partial charge in [-0.2, -0.15) is 0 Å². The van der Waals surface area contributed by atoms with Gasteiger partial charge in [-0.3, -0.25) is 0 Å². The molecule has 0 aromatic carbocycles. The van der Waals surface area contributed by atoms with Crippen molar-refractivity contribution in [3.05, 3.63) is 11.5 Å². The molecule has 0 aliphatic carbocycles. The molecule has 10 heavy (non-hydrogen) atoms. The fourth-order valence-electron chi connectivity index (χ4n) is 0.482. The zero-order valence-electron chi connectivity index (χ0n) is 6.35. The van der Waals surface area contributed by atoms with E-state index >= 15 is 0 Å². The van der Waals surface area contributed by atoms with Crippen molar-refractivity contribution in [3.63, 3.8) is 0 Å². The number of sulfonamides is 1. The maximum Gasteiger partial charge on any atom is 0.236 e. The Balaban J connectivity index is 4.27. The summed E-state index contributed by atoms with van der Waals surface area (Å²) < 4.78 is 24.2. The lowest BCUT2D eigenvalue weighted by Crippen LogP contribution is -2.23. The minimum atomic E-state index is -3.20. The van der Waals surface area contributed by atoms with E-state index in [1.54, 1.807) is 13.8 Å². The predicted octanol–water partition coefficient (Wildman–Crippen LogP) is 0.849. The molecule has 0 saturated carbocycles. The van der Waals surface area contributed by atoms with Gasteiger partial charge in [0.1, 0.15) is 0 Å². The van der Waals surface area contributed by atoms with Gasteiger partial charge in [-0.05, 0) is 6.42 Å². The summed E-state index contributed by atoms with van der Waals surface area (Å²) in [5.74, 6) is 0. The van der Waals surface area contributed by atoms with Crippen LogP contribution in [0.4, 0.5) is 0 Å². The Morgan fingerprint density at radius 3 is 2.30 bits per heavy atom. The minimum absolute atomic E-state index is 0.245. The van der Waals surface area contributed by atoms with Crippen LogP contribution >= 0.6 is 0 Å². The van der Waals surface area contributed by atoms with E-state index in [4.69, 9.17) is 0 Å². The Morgan fingerprint density at radius 1 is 1.50 bits per heavy atom. The summed E-state index contributed by atoms with van der Waals surface area (Å²) in [6.45, 7) is 7.33. The highest BCUT2D eigenvalue weighted by atomic mass is 32.2. The first-order valence-corrected chi connectivity index (χ1v) is 4.70. The Labute approximate surface area is 62.2 Å². The molecular weight excluding hydrogens is 150 g/mol. The molecule has 60 valence electrons. The van der Waals surface area contributed by atoms with Crippen LogP contribution in [0.2, 0.25) is 0 Å². The highest BCUT2D eigenvalue weighted by molar-refractivity contribution is 7.93. The standard InChI is InChI=1S/C6H13NO2S/c1-4-6(3)10(8,9)7-5-2/h7H,3-5H2,1-2H3. The van der Waals surface area contributed by atoms with Crippen LogP contribution in [-0.2, 0) is 10.0 Å². The largest absolute Gasteiger partial charge is 0.236 e. The van der Waals surface area contributed by atoms with E-state index in [1.807, 2.05) is 0 Å². The summed E-state index contributed by atoms with van der Waals surface area (Å²) in [7, 11) is -3.20. The molecule has 0 radical (unpaired) electrons. The number of rotatable bonds is 4. The fourth-order valence-corrected chi connectivity index (χ4v) is 1.45. The minimum Gasteiger partial charge on any atom is -0.212 e. The number of hydrogen-bond donors (Lipinski definition) is 1. The maximum absolute atomic E-state index is 11.0. The molecular formula is C6H13NO2S. The van der Waals surface area contributed by atoms with E-state index in [1.165, 1.54) is 0 Å². The molecule has 0 aliphatic rings. The first kappa shape index (κ1) is 9.65. The zero-order valence-corrected chi connectivity index (χ0v) is 7.16. The van der Waals surface area contributed by atoms with Gasteiger partial charge in [0.15, 0.2) is 0 Å². The van der Waals surface area contributed by atoms with Crippen molar-refractivity contribution in [3.8, 4) is 0 Å². The lowest BCUT2D eigenvalue weighted by Gasteiger charge is -2.03. The van der Waals surface area contributed by atoms with Crippen LogP contribution in [0.5, 0.6) is 0 Å². The van der Waals surface area contributed by atoms with E-state index in [0.717, 1.165) is 0 Å². The van der Waals surface area contributed by atoms with Crippen LogP contribution < -0.4 is 4.72 Å². The van der Waals surface area contributed by atoms with Crippen molar-refractivity contribution in [2.75, 3.05) is 6.54 Å². The van der Waals surface area contributed by atoms with E-state index < -0.39 is 10.0 Å². The number of allylic oxidation sites excluding steroid dienone is 1. The molecule has 0 amide bonds. The molecule has 3 nitrogen and oxygen atoms in total. The van der Waals surface area contributed by atoms with Gasteiger partial charge in [-0.15, -0.1) is 0 Å². The Kier molecular flexibility index (Phi) is 3.60. The third-order valence-electron chi connectivity index (χ3n) is 1.11. The highest BCUT2D eigenvalue weighted by Crippen LogP contribution is 2.04. The molecule has 0 unspecified atom stereocenters. The van der Waals surface area contributed by atoms with E-state index in [-0.39, 0.29) is 4.91 Å². The SMILES string of the molecule is C=C(CC)S(=O)(=O)NCC. The molecule has 0 aromatic heterocycles. The van der Waals surface area contributed by atoms with Crippen molar-refractivity contribution < 1.29 is 8.42 Å². The predicted molar refractivity (Wildman–Crippen MR) is 42.0 cm³/mol. The van der Waals surface area contributed by atoms with E-state index in [2.05, 4.69) is 11.3 Å². The lowest BCUT2D eigenvalue weighted by molar-refractivity contribution is 0.589. The van der Waals surface area contributed by atoms with E-state index in [0.29, 0.717) is 13.0 Å². The monoisotopic (exact) mass is 163 g/mol. The quantitative estimate of drug-likeness (QED) is 0.667. The van der Waals surface area contributed by atoms with Gasteiger partial charge in [0, 0.05) is 6.54 Å². The summed E-state index contributed by atoms with van der Waals surface area (Å²) in [4.78, 5) is 0.245. The maximum atomic E-state index is 11.0. The van der Waals surface area contributed by atoms with Crippen LogP contribution in [0.25, 0.3) is 0 Å². The summed E-state index contributed by atoms with van der Waals surface area (Å²) in [5, 5.41) is 0. The Hall–Kier alpha value is -0.350. The first-order valence-electron chi connectivity index (χ1n) is 3.22. The fraction of sp³-hybridized carbons (Fsp3) is 0.667. The van der Waals surface area contributed by atoms with Gasteiger partial charge in [0.25, 0.3) is 0 Å². The first-order chi connectivity index (χ1) is 4.54. The molecule has 0 fully saturated rings.